The predicted molar refractivity (Wildman–Crippen MR) is 94.9 cm³/mol. The van der Waals surface area contributed by atoms with Crippen LogP contribution >= 0.6 is 0 Å². The fourth-order valence-electron chi connectivity index (χ4n) is 3.35. The maximum atomic E-state index is 12.5. The van der Waals surface area contributed by atoms with Gasteiger partial charge in [0.05, 0.1) is 18.4 Å². The maximum absolute atomic E-state index is 12.5. The Bertz CT molecular complexity index is 890. The van der Waals surface area contributed by atoms with Crippen molar-refractivity contribution in [2.24, 2.45) is 0 Å². The number of aromatic nitrogens is 4. The summed E-state index contributed by atoms with van der Waals surface area (Å²) in [6.45, 7) is -0.0865. The fraction of sp³-hybridized carbons (Fsp3) is 0.316. The molecule has 27 heavy (non-hydrogen) atoms. The highest BCUT2D eigenvalue weighted by Crippen LogP contribution is 2.29. The van der Waals surface area contributed by atoms with Crippen molar-refractivity contribution in [2.75, 3.05) is 19.6 Å². The first kappa shape index (κ1) is 17.7. The molecule has 4 rings (SSSR count). The van der Waals surface area contributed by atoms with Crippen LogP contribution in [-0.2, 0) is 0 Å². The van der Waals surface area contributed by atoms with Gasteiger partial charge in [-0.05, 0) is 13.0 Å². The van der Waals surface area contributed by atoms with Crippen LogP contribution in [0.2, 0.25) is 0 Å². The van der Waals surface area contributed by atoms with Gasteiger partial charge in [-0.2, -0.15) is 13.2 Å². The molecule has 1 aliphatic rings. The number of benzene rings is 1. The van der Waals surface area contributed by atoms with Gasteiger partial charge < -0.3 is 4.98 Å². The first-order valence-corrected chi connectivity index (χ1v) is 8.70. The van der Waals surface area contributed by atoms with Crippen molar-refractivity contribution < 1.29 is 13.2 Å². The van der Waals surface area contributed by atoms with Gasteiger partial charge in [-0.3, -0.25) is 4.90 Å². The molecule has 1 atom stereocenters. The van der Waals surface area contributed by atoms with Crippen molar-refractivity contribution in [3.63, 3.8) is 0 Å². The van der Waals surface area contributed by atoms with Gasteiger partial charge in [0.25, 0.3) is 0 Å². The lowest BCUT2D eigenvalue weighted by molar-refractivity contribution is -0.143. The van der Waals surface area contributed by atoms with E-state index in [4.69, 9.17) is 0 Å². The van der Waals surface area contributed by atoms with Crippen molar-refractivity contribution in [2.45, 2.75) is 18.5 Å². The first-order valence-electron chi connectivity index (χ1n) is 8.70. The summed E-state index contributed by atoms with van der Waals surface area (Å²) >= 11 is 0. The number of hydrogen-bond donors (Lipinski definition) is 1. The van der Waals surface area contributed by atoms with Crippen LogP contribution in [0, 0.1) is 0 Å². The number of imidazole rings is 1. The molecule has 1 aliphatic heterocycles. The van der Waals surface area contributed by atoms with Crippen molar-refractivity contribution in [1.29, 1.82) is 0 Å². The molecule has 0 spiro atoms. The molecule has 3 heterocycles. The molecule has 0 unspecified atom stereocenters. The number of likely N-dealkylation sites (tertiary alicyclic amines) is 1. The summed E-state index contributed by atoms with van der Waals surface area (Å²) in [5, 5.41) is 0. The zero-order valence-electron chi connectivity index (χ0n) is 14.4. The summed E-state index contributed by atoms with van der Waals surface area (Å²) < 4.78 is 37.6. The van der Waals surface area contributed by atoms with Crippen molar-refractivity contribution in [3.8, 4) is 22.6 Å². The Morgan fingerprint density at radius 3 is 2.44 bits per heavy atom. The van der Waals surface area contributed by atoms with Gasteiger partial charge in [-0.1, -0.05) is 30.3 Å². The monoisotopic (exact) mass is 373 g/mol. The van der Waals surface area contributed by atoms with Crippen molar-refractivity contribution >= 4 is 0 Å². The summed E-state index contributed by atoms with van der Waals surface area (Å²) in [7, 11) is 0. The van der Waals surface area contributed by atoms with E-state index in [1.807, 2.05) is 30.3 Å². The molecule has 1 fully saturated rings. The van der Waals surface area contributed by atoms with E-state index in [1.54, 1.807) is 18.6 Å². The molecule has 0 bridgehead atoms. The first-order chi connectivity index (χ1) is 13.0. The van der Waals surface area contributed by atoms with Crippen LogP contribution in [0.25, 0.3) is 22.6 Å². The second-order valence-corrected chi connectivity index (χ2v) is 6.68. The Morgan fingerprint density at radius 2 is 1.74 bits per heavy atom. The Hall–Kier alpha value is -2.74. The predicted octanol–water partition coefficient (Wildman–Crippen LogP) is 3.89. The van der Waals surface area contributed by atoms with E-state index in [0.29, 0.717) is 31.2 Å². The third-order valence-electron chi connectivity index (χ3n) is 4.65. The third kappa shape index (κ3) is 4.16. The molecule has 1 N–H and O–H groups in total. The zero-order valence-corrected chi connectivity index (χ0v) is 14.4. The van der Waals surface area contributed by atoms with Crippen molar-refractivity contribution in [3.05, 3.63) is 54.7 Å². The Balaban J connectivity index is 1.45. The van der Waals surface area contributed by atoms with Gasteiger partial charge in [-0.15, -0.1) is 0 Å². The Labute approximate surface area is 154 Å². The Morgan fingerprint density at radius 1 is 1.00 bits per heavy atom. The minimum atomic E-state index is -4.17. The summed E-state index contributed by atoms with van der Waals surface area (Å²) in [6, 6.07) is 9.67. The van der Waals surface area contributed by atoms with E-state index >= 15 is 0 Å². The van der Waals surface area contributed by atoms with E-state index in [1.165, 1.54) is 4.90 Å². The second kappa shape index (κ2) is 7.11. The molecule has 3 aromatic rings. The van der Waals surface area contributed by atoms with E-state index in [-0.39, 0.29) is 5.92 Å². The highest BCUT2D eigenvalue weighted by atomic mass is 19.4. The summed E-state index contributed by atoms with van der Waals surface area (Å²) in [5.74, 6) is 1.32. The number of nitrogens with zero attached hydrogens (tertiary/aromatic N) is 4. The van der Waals surface area contributed by atoms with Crippen LogP contribution in [0.5, 0.6) is 0 Å². The molecule has 0 radical (unpaired) electrons. The van der Waals surface area contributed by atoms with Gasteiger partial charge in [0.1, 0.15) is 5.82 Å². The minimum absolute atomic E-state index is 0.0226. The lowest BCUT2D eigenvalue weighted by Gasteiger charge is -2.17. The topological polar surface area (TPSA) is 57.7 Å². The van der Waals surface area contributed by atoms with Crippen molar-refractivity contribution in [1.82, 2.24) is 24.8 Å². The molecule has 1 aromatic carbocycles. The smallest absolute Gasteiger partial charge is 0.342 e. The Kier molecular flexibility index (Phi) is 4.65. The molecule has 2 aromatic heterocycles. The van der Waals surface area contributed by atoms with E-state index in [9.17, 15) is 13.2 Å². The van der Waals surface area contributed by atoms with Gasteiger partial charge in [-0.25, -0.2) is 15.0 Å². The number of aromatic amines is 1. The van der Waals surface area contributed by atoms with Crippen LogP contribution in [0.1, 0.15) is 18.2 Å². The molecule has 0 amide bonds. The molecule has 1 saturated heterocycles. The molecule has 5 nitrogen and oxygen atoms in total. The number of rotatable bonds is 4. The van der Waals surface area contributed by atoms with E-state index < -0.39 is 12.7 Å². The van der Waals surface area contributed by atoms with Crippen LogP contribution in [0.4, 0.5) is 13.2 Å². The van der Waals surface area contributed by atoms with Crippen LogP contribution in [0.15, 0.2) is 48.9 Å². The molecule has 8 heteroatoms. The normalized spacial score (nSPS) is 18.1. The third-order valence-corrected chi connectivity index (χ3v) is 4.65. The average molecular weight is 373 g/mol. The standard InChI is InChI=1S/C19H18F3N5/c20-19(21,22)12-27-7-6-14(11-27)18-25-10-16(26-18)15-8-23-17(24-9-15)13-4-2-1-3-5-13/h1-5,8-10,14H,6-7,11-12H2,(H,25,26)/t14-/m1/s1. The molecule has 140 valence electrons. The molecule has 0 saturated carbocycles. The quantitative estimate of drug-likeness (QED) is 0.754. The lowest BCUT2D eigenvalue weighted by Crippen LogP contribution is -2.32. The number of hydrogen-bond acceptors (Lipinski definition) is 4. The van der Waals surface area contributed by atoms with E-state index in [2.05, 4.69) is 19.9 Å². The second-order valence-electron chi connectivity index (χ2n) is 6.68. The number of halogens is 3. The summed E-state index contributed by atoms with van der Waals surface area (Å²) in [6.07, 6.45) is 1.62. The molecule has 0 aliphatic carbocycles. The van der Waals surface area contributed by atoms with Crippen LogP contribution < -0.4 is 0 Å². The molecular weight excluding hydrogens is 355 g/mol. The number of nitrogens with one attached hydrogen (secondary N) is 1. The van der Waals surface area contributed by atoms with Crippen LogP contribution in [-0.4, -0.2) is 50.6 Å². The van der Waals surface area contributed by atoms with Gasteiger partial charge in [0.2, 0.25) is 0 Å². The highest BCUT2D eigenvalue weighted by Gasteiger charge is 2.35. The lowest BCUT2D eigenvalue weighted by atomic mass is 10.1. The maximum Gasteiger partial charge on any atom is 0.401 e. The summed E-state index contributed by atoms with van der Waals surface area (Å²) in [5.41, 5.74) is 2.49. The SMILES string of the molecule is FC(F)(F)CN1CC[C@@H](c2ncc(-c3cnc(-c4ccccc4)nc3)[nH]2)C1. The number of alkyl halides is 3. The fourth-order valence-corrected chi connectivity index (χ4v) is 3.35. The minimum Gasteiger partial charge on any atom is -0.342 e. The largest absolute Gasteiger partial charge is 0.401 e. The van der Waals surface area contributed by atoms with Crippen LogP contribution in [0.3, 0.4) is 0 Å². The zero-order chi connectivity index (χ0) is 18.9. The van der Waals surface area contributed by atoms with Gasteiger partial charge in [0.15, 0.2) is 5.82 Å². The number of H-pyrrole nitrogens is 1. The average Bonchev–Trinajstić information content (AvgIpc) is 3.31. The van der Waals surface area contributed by atoms with Gasteiger partial charge >= 0.3 is 6.18 Å². The molecular formula is C19H18F3N5. The highest BCUT2D eigenvalue weighted by molar-refractivity contribution is 5.60. The van der Waals surface area contributed by atoms with E-state index in [0.717, 1.165) is 16.8 Å². The van der Waals surface area contributed by atoms with Gasteiger partial charge in [0, 0.05) is 36.0 Å². The summed E-state index contributed by atoms with van der Waals surface area (Å²) in [4.78, 5) is 17.8.